The van der Waals surface area contributed by atoms with Gasteiger partial charge in [0.15, 0.2) is 0 Å². The monoisotopic (exact) mass is 371 g/mol. The molecule has 0 amide bonds. The number of hydrogen-bond donors (Lipinski definition) is 1. The zero-order chi connectivity index (χ0) is 19.0. The van der Waals surface area contributed by atoms with Gasteiger partial charge in [0.25, 0.3) is 0 Å². The summed E-state index contributed by atoms with van der Waals surface area (Å²) in [5.41, 5.74) is 1.19. The topological polar surface area (TPSA) is 102 Å². The van der Waals surface area contributed by atoms with Crippen LogP contribution in [-0.2, 0) is 0 Å². The van der Waals surface area contributed by atoms with Gasteiger partial charge >= 0.3 is 0 Å². The van der Waals surface area contributed by atoms with Crippen LogP contribution in [0.15, 0.2) is 39.3 Å². The van der Waals surface area contributed by atoms with Crippen LogP contribution in [0.2, 0.25) is 0 Å². The van der Waals surface area contributed by atoms with E-state index in [2.05, 4.69) is 15.4 Å². The lowest BCUT2D eigenvalue weighted by Crippen LogP contribution is -2.24. The van der Waals surface area contributed by atoms with Crippen LogP contribution in [0.5, 0.6) is 0 Å². The maximum atomic E-state index is 13.0. The molecule has 1 aromatic carbocycles. The number of carbonyl (C=O) groups is 1. The van der Waals surface area contributed by atoms with Gasteiger partial charge in [-0.1, -0.05) is 5.16 Å². The molecule has 7 nitrogen and oxygen atoms in total. The molecule has 4 rings (SSSR count). The Bertz CT molecular complexity index is 942. The summed E-state index contributed by atoms with van der Waals surface area (Å²) in [7, 11) is 0. The second-order valence-electron chi connectivity index (χ2n) is 6.90. The first kappa shape index (κ1) is 17.5. The Morgan fingerprint density at radius 2 is 2.04 bits per heavy atom. The third kappa shape index (κ3) is 3.66. The molecule has 140 valence electrons. The second-order valence-corrected chi connectivity index (χ2v) is 6.90. The number of rotatable bonds is 6. The van der Waals surface area contributed by atoms with E-state index in [0.717, 1.165) is 12.8 Å². The normalized spacial score (nSPS) is 20.3. The molecule has 1 saturated carbocycles. The van der Waals surface area contributed by atoms with Crippen molar-refractivity contribution in [2.24, 2.45) is 5.92 Å². The molecule has 0 radical (unpaired) electrons. The highest BCUT2D eigenvalue weighted by Crippen LogP contribution is 2.43. The molecule has 0 spiro atoms. The fourth-order valence-electron chi connectivity index (χ4n) is 3.21. The van der Waals surface area contributed by atoms with Gasteiger partial charge < -0.3 is 14.0 Å². The maximum Gasteiger partial charge on any atom is 0.244 e. The minimum absolute atomic E-state index is 0.116. The number of hydrogen-bond acceptors (Lipinski definition) is 7. The van der Waals surface area contributed by atoms with E-state index >= 15 is 0 Å². The highest BCUT2D eigenvalue weighted by Gasteiger charge is 2.36. The van der Waals surface area contributed by atoms with Gasteiger partial charge in [0, 0.05) is 24.0 Å². The number of carbonyl (C=O) groups excluding carboxylic acids is 1. The fraction of sp³-hybridized carbons (Fsp3) is 0.368. The Labute approximate surface area is 154 Å². The smallest absolute Gasteiger partial charge is 0.244 e. The minimum atomic E-state index is -0.787. The Morgan fingerprint density at radius 3 is 2.70 bits per heavy atom. The van der Waals surface area contributed by atoms with Crippen LogP contribution in [0.1, 0.15) is 60.5 Å². The standard InChI is InChI=1S/C19H18FN3O4/c1-10(24)18-21-22-19(26-18)13-6-11(7-13)8-16(25)17-9-15(23-27-17)12-2-4-14(20)5-3-12/h2-5,9-11,13,24H,6-8H2,1H3/t10-,11?,13?/m1/s1. The van der Waals surface area contributed by atoms with E-state index in [4.69, 9.17) is 8.94 Å². The molecule has 2 aromatic heterocycles. The Kier molecular flexibility index (Phi) is 4.57. The number of nitrogens with zero attached hydrogens (tertiary/aromatic N) is 3. The number of aliphatic hydroxyl groups excluding tert-OH is 1. The Morgan fingerprint density at radius 1 is 1.30 bits per heavy atom. The van der Waals surface area contributed by atoms with Gasteiger partial charge in [0.2, 0.25) is 23.3 Å². The third-order valence-electron chi connectivity index (χ3n) is 4.80. The van der Waals surface area contributed by atoms with Gasteiger partial charge in [-0.3, -0.25) is 4.79 Å². The van der Waals surface area contributed by atoms with E-state index in [1.807, 2.05) is 0 Å². The van der Waals surface area contributed by atoms with Crippen molar-refractivity contribution in [3.63, 3.8) is 0 Å². The maximum absolute atomic E-state index is 13.0. The highest BCUT2D eigenvalue weighted by molar-refractivity contribution is 5.94. The van der Waals surface area contributed by atoms with Gasteiger partial charge in [0.05, 0.1) is 0 Å². The summed E-state index contributed by atoms with van der Waals surface area (Å²) >= 11 is 0. The SMILES string of the molecule is C[C@@H](O)c1nnc(C2CC(CC(=O)c3cc(-c4ccc(F)cc4)no3)C2)o1. The summed E-state index contributed by atoms with van der Waals surface area (Å²) in [6.45, 7) is 1.57. The largest absolute Gasteiger partial charge is 0.422 e. The lowest BCUT2D eigenvalue weighted by molar-refractivity contribution is 0.0878. The average molecular weight is 371 g/mol. The summed E-state index contributed by atoms with van der Waals surface area (Å²) in [5, 5.41) is 21.1. The number of aliphatic hydroxyl groups is 1. The molecular weight excluding hydrogens is 353 g/mol. The van der Waals surface area contributed by atoms with Crippen LogP contribution in [0.4, 0.5) is 4.39 Å². The van der Waals surface area contributed by atoms with E-state index in [9.17, 15) is 14.3 Å². The molecule has 0 aliphatic heterocycles. The van der Waals surface area contributed by atoms with E-state index in [-0.39, 0.29) is 35.1 Å². The van der Waals surface area contributed by atoms with Gasteiger partial charge in [-0.15, -0.1) is 10.2 Å². The summed E-state index contributed by atoms with van der Waals surface area (Å²) in [6, 6.07) is 7.42. The van der Waals surface area contributed by atoms with E-state index in [0.29, 0.717) is 23.6 Å². The van der Waals surface area contributed by atoms with Crippen molar-refractivity contribution in [2.75, 3.05) is 0 Å². The van der Waals surface area contributed by atoms with Crippen LogP contribution in [0.3, 0.4) is 0 Å². The molecule has 0 saturated heterocycles. The second kappa shape index (κ2) is 7.03. The van der Waals surface area contributed by atoms with E-state index in [1.165, 1.54) is 12.1 Å². The van der Waals surface area contributed by atoms with Crippen molar-refractivity contribution < 1.29 is 23.2 Å². The number of Topliss-reactive ketones (excluding diaryl/α,β-unsaturated/α-hetero) is 1. The van der Waals surface area contributed by atoms with Gasteiger partial charge in [-0.2, -0.15) is 0 Å². The molecule has 0 bridgehead atoms. The van der Waals surface area contributed by atoms with Gasteiger partial charge in [-0.25, -0.2) is 4.39 Å². The lowest BCUT2D eigenvalue weighted by Gasteiger charge is -2.32. The first-order valence-electron chi connectivity index (χ1n) is 8.77. The average Bonchev–Trinajstić information content (AvgIpc) is 3.28. The molecule has 27 heavy (non-hydrogen) atoms. The Hall–Kier alpha value is -2.87. The van der Waals surface area contributed by atoms with Crippen LogP contribution >= 0.6 is 0 Å². The predicted octanol–water partition coefficient (Wildman–Crippen LogP) is 3.68. The molecule has 1 aliphatic rings. The molecule has 1 aliphatic carbocycles. The molecule has 1 fully saturated rings. The Balaban J connectivity index is 1.33. The van der Waals surface area contributed by atoms with E-state index in [1.54, 1.807) is 25.1 Å². The molecule has 3 aromatic rings. The predicted molar refractivity (Wildman–Crippen MR) is 91.2 cm³/mol. The van der Waals surface area contributed by atoms with Crippen molar-refractivity contribution in [1.82, 2.24) is 15.4 Å². The van der Waals surface area contributed by atoms with Crippen molar-refractivity contribution in [3.05, 3.63) is 53.7 Å². The zero-order valence-corrected chi connectivity index (χ0v) is 14.6. The van der Waals surface area contributed by atoms with Crippen molar-refractivity contribution >= 4 is 5.78 Å². The number of ketones is 1. The zero-order valence-electron chi connectivity index (χ0n) is 14.6. The van der Waals surface area contributed by atoms with Crippen molar-refractivity contribution in [3.8, 4) is 11.3 Å². The summed E-state index contributed by atoms with van der Waals surface area (Å²) in [5.74, 6) is 0.796. The highest BCUT2D eigenvalue weighted by atomic mass is 19.1. The van der Waals surface area contributed by atoms with Crippen LogP contribution in [0, 0.1) is 11.7 Å². The molecule has 2 heterocycles. The molecule has 1 N–H and O–H groups in total. The summed E-state index contributed by atoms with van der Waals surface area (Å²) < 4.78 is 23.6. The summed E-state index contributed by atoms with van der Waals surface area (Å²) in [4.78, 5) is 12.4. The first-order chi connectivity index (χ1) is 13.0. The van der Waals surface area contributed by atoms with Crippen LogP contribution in [0.25, 0.3) is 11.3 Å². The lowest BCUT2D eigenvalue weighted by atomic mass is 9.72. The quantitative estimate of drug-likeness (QED) is 0.659. The van der Waals surface area contributed by atoms with Gasteiger partial charge in [-0.05, 0) is 49.9 Å². The minimum Gasteiger partial charge on any atom is -0.422 e. The molecule has 0 unspecified atom stereocenters. The van der Waals surface area contributed by atoms with Crippen LogP contribution < -0.4 is 0 Å². The number of halogens is 1. The molecule has 1 atom stereocenters. The van der Waals surface area contributed by atoms with Crippen LogP contribution in [-0.4, -0.2) is 26.2 Å². The van der Waals surface area contributed by atoms with Gasteiger partial charge in [0.1, 0.15) is 17.6 Å². The third-order valence-corrected chi connectivity index (χ3v) is 4.80. The molecule has 8 heteroatoms. The van der Waals surface area contributed by atoms with Crippen molar-refractivity contribution in [1.29, 1.82) is 0 Å². The molecular formula is C19H18FN3O4. The number of aromatic nitrogens is 3. The number of benzene rings is 1. The van der Waals surface area contributed by atoms with E-state index < -0.39 is 6.10 Å². The van der Waals surface area contributed by atoms with Crippen molar-refractivity contribution in [2.45, 2.75) is 38.2 Å². The fourth-order valence-corrected chi connectivity index (χ4v) is 3.21. The summed E-state index contributed by atoms with van der Waals surface area (Å²) in [6.07, 6.45) is 1.11. The first-order valence-corrected chi connectivity index (χ1v) is 8.77.